The lowest BCUT2D eigenvalue weighted by atomic mass is 9.81. The zero-order valence-electron chi connectivity index (χ0n) is 13.2. The van der Waals surface area contributed by atoms with Crippen LogP contribution in [0.15, 0.2) is 18.2 Å². The van der Waals surface area contributed by atoms with Crippen LogP contribution in [0.5, 0.6) is 0 Å². The fourth-order valence-electron chi connectivity index (χ4n) is 3.51. The Morgan fingerprint density at radius 2 is 1.86 bits per heavy atom. The number of benzene rings is 1. The summed E-state index contributed by atoms with van der Waals surface area (Å²) in [7, 11) is 0. The highest BCUT2D eigenvalue weighted by molar-refractivity contribution is 5.19. The van der Waals surface area contributed by atoms with Gasteiger partial charge in [-0.25, -0.2) is 8.78 Å². The second kappa shape index (κ2) is 6.84. The zero-order chi connectivity index (χ0) is 15.6. The van der Waals surface area contributed by atoms with Crippen LogP contribution in [0.4, 0.5) is 8.78 Å². The van der Waals surface area contributed by atoms with E-state index in [1.165, 1.54) is 12.1 Å². The van der Waals surface area contributed by atoms with Gasteiger partial charge in [0.25, 0.3) is 0 Å². The van der Waals surface area contributed by atoms with Crippen molar-refractivity contribution in [2.45, 2.75) is 52.4 Å². The van der Waals surface area contributed by atoms with Gasteiger partial charge in [-0.3, -0.25) is 0 Å². The Balaban J connectivity index is 2.17. The highest BCUT2D eigenvalue weighted by Crippen LogP contribution is 2.35. The van der Waals surface area contributed by atoms with Crippen molar-refractivity contribution in [1.82, 2.24) is 5.32 Å². The van der Waals surface area contributed by atoms with E-state index in [4.69, 9.17) is 4.74 Å². The summed E-state index contributed by atoms with van der Waals surface area (Å²) in [6.07, 6.45) is 1.08. The van der Waals surface area contributed by atoms with E-state index in [2.05, 4.69) is 33.0 Å². The summed E-state index contributed by atoms with van der Waals surface area (Å²) in [5.41, 5.74) is 0.818. The zero-order valence-corrected chi connectivity index (χ0v) is 13.2. The first-order valence-corrected chi connectivity index (χ1v) is 7.76. The smallest absolute Gasteiger partial charge is 0.159 e. The first kappa shape index (κ1) is 16.4. The number of halogens is 2. The van der Waals surface area contributed by atoms with E-state index in [1.807, 2.05) is 0 Å². The van der Waals surface area contributed by atoms with E-state index in [0.717, 1.165) is 12.1 Å². The van der Waals surface area contributed by atoms with Crippen molar-refractivity contribution in [2.24, 2.45) is 11.8 Å². The van der Waals surface area contributed by atoms with Crippen molar-refractivity contribution in [3.63, 3.8) is 0 Å². The predicted molar refractivity (Wildman–Crippen MR) is 80.2 cm³/mol. The minimum Gasteiger partial charge on any atom is -0.375 e. The van der Waals surface area contributed by atoms with E-state index < -0.39 is 11.6 Å². The molecule has 0 spiro atoms. The molecule has 1 fully saturated rings. The number of nitrogens with one attached hydrogen (secondary N) is 1. The average molecular weight is 297 g/mol. The van der Waals surface area contributed by atoms with Crippen LogP contribution in [-0.2, 0) is 11.2 Å². The van der Waals surface area contributed by atoms with Crippen molar-refractivity contribution in [2.75, 3.05) is 6.54 Å². The Morgan fingerprint density at radius 3 is 2.38 bits per heavy atom. The van der Waals surface area contributed by atoms with Gasteiger partial charge >= 0.3 is 0 Å². The predicted octanol–water partition coefficient (Wildman–Crippen LogP) is 3.54. The molecule has 21 heavy (non-hydrogen) atoms. The van der Waals surface area contributed by atoms with Crippen LogP contribution in [0.2, 0.25) is 0 Å². The molecular weight excluding hydrogens is 272 g/mol. The standard InChI is InChI=1S/C17H25F2NO/c1-5-20-16(17-10(2)11(3)21-12(17)4)9-13-6-7-14(18)15(19)8-13/h6-8,10-12,16-17,20H,5,9H2,1-4H3. The second-order valence-electron chi connectivity index (χ2n) is 6.10. The minimum absolute atomic E-state index is 0.171. The van der Waals surface area contributed by atoms with Gasteiger partial charge in [0.2, 0.25) is 0 Å². The Kier molecular flexibility index (Phi) is 5.33. The maximum Gasteiger partial charge on any atom is 0.159 e. The van der Waals surface area contributed by atoms with Crippen LogP contribution in [0.3, 0.4) is 0 Å². The number of rotatable bonds is 5. The molecule has 5 atom stereocenters. The average Bonchev–Trinajstić information content (AvgIpc) is 2.67. The molecule has 2 nitrogen and oxygen atoms in total. The normalized spacial score (nSPS) is 30.6. The molecule has 0 radical (unpaired) electrons. The molecule has 1 aliphatic heterocycles. The van der Waals surface area contributed by atoms with E-state index in [0.29, 0.717) is 18.3 Å². The van der Waals surface area contributed by atoms with Crippen molar-refractivity contribution >= 4 is 0 Å². The van der Waals surface area contributed by atoms with Gasteiger partial charge in [0.05, 0.1) is 12.2 Å². The molecule has 0 saturated carbocycles. The summed E-state index contributed by atoms with van der Waals surface area (Å²) in [4.78, 5) is 0. The van der Waals surface area contributed by atoms with Gasteiger partial charge in [-0.15, -0.1) is 0 Å². The summed E-state index contributed by atoms with van der Waals surface area (Å²) < 4.78 is 32.4. The van der Waals surface area contributed by atoms with E-state index in [-0.39, 0.29) is 18.2 Å². The van der Waals surface area contributed by atoms with Gasteiger partial charge in [-0.05, 0) is 50.4 Å². The van der Waals surface area contributed by atoms with Crippen molar-refractivity contribution in [3.8, 4) is 0 Å². The van der Waals surface area contributed by atoms with Gasteiger partial charge in [-0.2, -0.15) is 0 Å². The van der Waals surface area contributed by atoms with Crippen LogP contribution in [0.1, 0.15) is 33.3 Å². The van der Waals surface area contributed by atoms with Crippen LogP contribution in [0, 0.1) is 23.5 Å². The molecule has 1 aliphatic rings. The molecule has 4 heteroatoms. The van der Waals surface area contributed by atoms with Gasteiger partial charge < -0.3 is 10.1 Å². The van der Waals surface area contributed by atoms with Crippen molar-refractivity contribution in [3.05, 3.63) is 35.4 Å². The first-order chi connectivity index (χ1) is 9.93. The van der Waals surface area contributed by atoms with Crippen LogP contribution in [0.25, 0.3) is 0 Å². The maximum absolute atomic E-state index is 13.4. The number of hydrogen-bond acceptors (Lipinski definition) is 2. The fourth-order valence-corrected chi connectivity index (χ4v) is 3.51. The molecule has 1 heterocycles. The maximum atomic E-state index is 13.4. The van der Waals surface area contributed by atoms with E-state index in [9.17, 15) is 8.78 Å². The fraction of sp³-hybridized carbons (Fsp3) is 0.647. The highest BCUT2D eigenvalue weighted by Gasteiger charge is 2.41. The molecule has 1 N–H and O–H groups in total. The highest BCUT2D eigenvalue weighted by atomic mass is 19.2. The molecule has 0 aromatic heterocycles. The molecule has 5 unspecified atom stereocenters. The molecule has 2 rings (SSSR count). The summed E-state index contributed by atoms with van der Waals surface area (Å²) in [6, 6.07) is 4.37. The van der Waals surface area contributed by atoms with Crippen LogP contribution in [-0.4, -0.2) is 24.8 Å². The monoisotopic (exact) mass is 297 g/mol. The lowest BCUT2D eigenvalue weighted by molar-refractivity contribution is 0.0476. The molecule has 1 saturated heterocycles. The lowest BCUT2D eigenvalue weighted by Crippen LogP contribution is -2.43. The van der Waals surface area contributed by atoms with Gasteiger partial charge in [-0.1, -0.05) is 19.9 Å². The summed E-state index contributed by atoms with van der Waals surface area (Å²) in [6.45, 7) is 9.31. The topological polar surface area (TPSA) is 21.3 Å². The second-order valence-corrected chi connectivity index (χ2v) is 6.10. The Labute approximate surface area is 125 Å². The Morgan fingerprint density at radius 1 is 1.14 bits per heavy atom. The summed E-state index contributed by atoms with van der Waals surface area (Å²) in [5.74, 6) is -0.763. The van der Waals surface area contributed by atoms with Gasteiger partial charge in [0.1, 0.15) is 0 Å². The molecule has 1 aromatic carbocycles. The molecule has 118 valence electrons. The molecule has 1 aromatic rings. The van der Waals surface area contributed by atoms with E-state index in [1.54, 1.807) is 6.07 Å². The summed E-state index contributed by atoms with van der Waals surface area (Å²) >= 11 is 0. The third-order valence-corrected chi connectivity index (χ3v) is 4.69. The number of hydrogen-bond donors (Lipinski definition) is 1. The SMILES string of the molecule is CCNC(Cc1ccc(F)c(F)c1)C1C(C)OC(C)C1C. The van der Waals surface area contributed by atoms with Gasteiger partial charge in [0, 0.05) is 12.0 Å². The Hall–Kier alpha value is -1.00. The Bertz CT molecular complexity index is 480. The minimum atomic E-state index is -0.793. The van der Waals surface area contributed by atoms with Crippen LogP contribution < -0.4 is 5.32 Å². The van der Waals surface area contributed by atoms with Crippen molar-refractivity contribution < 1.29 is 13.5 Å². The molecular formula is C17H25F2NO. The van der Waals surface area contributed by atoms with Crippen molar-refractivity contribution in [1.29, 1.82) is 0 Å². The largest absolute Gasteiger partial charge is 0.375 e. The van der Waals surface area contributed by atoms with Gasteiger partial charge in [0.15, 0.2) is 11.6 Å². The number of ether oxygens (including phenoxy) is 1. The van der Waals surface area contributed by atoms with Crippen LogP contribution >= 0.6 is 0 Å². The molecule has 0 aliphatic carbocycles. The molecule has 0 bridgehead atoms. The number of likely N-dealkylation sites (N-methyl/N-ethyl adjacent to an activating group) is 1. The third-order valence-electron chi connectivity index (χ3n) is 4.69. The van der Waals surface area contributed by atoms with E-state index >= 15 is 0 Å². The lowest BCUT2D eigenvalue weighted by Gasteiger charge is -2.30. The molecule has 0 amide bonds. The first-order valence-electron chi connectivity index (χ1n) is 7.76. The third kappa shape index (κ3) is 3.61. The summed E-state index contributed by atoms with van der Waals surface area (Å²) in [5, 5.41) is 3.49. The quantitative estimate of drug-likeness (QED) is 0.897.